The molecule has 0 bridgehead atoms. The molecule has 0 spiro atoms. The Labute approximate surface area is 473 Å². The molecule has 0 aliphatic heterocycles. The average Bonchev–Trinajstić information content (AvgIpc) is 3.40. The molecule has 0 fully saturated rings. The highest BCUT2D eigenvalue weighted by atomic mass is 31.2. The van der Waals surface area contributed by atoms with E-state index in [1.54, 1.807) is 0 Å². The number of unbranched alkanes of at least 4 members (excludes halogenated alkanes) is 31. The molecule has 0 aromatic rings. The quantitative estimate of drug-likeness (QED) is 0.0222. The predicted molar refractivity (Wildman–Crippen MR) is 308 cm³/mol. The van der Waals surface area contributed by atoms with Crippen molar-refractivity contribution in [2.45, 2.75) is 310 Å². The van der Waals surface area contributed by atoms with Gasteiger partial charge in [-0.3, -0.25) is 37.3 Å². The third-order valence-electron chi connectivity index (χ3n) is 13.5. The van der Waals surface area contributed by atoms with E-state index in [1.165, 1.54) is 83.5 Å². The first-order valence-electron chi connectivity index (χ1n) is 31.1. The second kappa shape index (κ2) is 53.1. The van der Waals surface area contributed by atoms with Gasteiger partial charge in [0.15, 0.2) is 12.2 Å². The molecule has 0 aliphatic rings. The third kappa shape index (κ3) is 53.4. The molecule has 17 nitrogen and oxygen atoms in total. The lowest BCUT2D eigenvalue weighted by Crippen LogP contribution is -2.30. The summed E-state index contributed by atoms with van der Waals surface area (Å²) in [5.74, 6) is -1.47. The van der Waals surface area contributed by atoms with Crippen LogP contribution in [0.2, 0.25) is 0 Å². The van der Waals surface area contributed by atoms with Gasteiger partial charge in [0.05, 0.1) is 26.4 Å². The van der Waals surface area contributed by atoms with E-state index >= 15 is 0 Å². The fourth-order valence-corrected chi connectivity index (χ4v) is 10.3. The van der Waals surface area contributed by atoms with Gasteiger partial charge in [0.25, 0.3) is 0 Å². The second-order valence-corrected chi connectivity index (χ2v) is 24.8. The Morgan fingerprint density at radius 3 is 0.872 bits per heavy atom. The van der Waals surface area contributed by atoms with Crippen LogP contribution < -0.4 is 0 Å². The first-order chi connectivity index (χ1) is 37.5. The van der Waals surface area contributed by atoms with E-state index in [2.05, 4.69) is 34.6 Å². The van der Waals surface area contributed by atoms with Crippen molar-refractivity contribution in [2.75, 3.05) is 39.6 Å². The van der Waals surface area contributed by atoms with Gasteiger partial charge in [0.2, 0.25) is 0 Å². The largest absolute Gasteiger partial charge is 0.472 e. The maximum atomic E-state index is 12.9. The van der Waals surface area contributed by atoms with Gasteiger partial charge in [0, 0.05) is 25.7 Å². The van der Waals surface area contributed by atoms with E-state index in [0.29, 0.717) is 31.6 Å². The van der Waals surface area contributed by atoms with Gasteiger partial charge in [-0.1, -0.05) is 240 Å². The zero-order chi connectivity index (χ0) is 57.8. The third-order valence-corrected chi connectivity index (χ3v) is 15.4. The molecule has 2 unspecified atom stereocenters. The molecule has 0 aliphatic carbocycles. The Morgan fingerprint density at radius 1 is 0.346 bits per heavy atom. The summed E-state index contributed by atoms with van der Waals surface area (Å²) in [4.78, 5) is 71.7. The van der Waals surface area contributed by atoms with Crippen LogP contribution in [0.1, 0.15) is 291 Å². The molecule has 0 saturated heterocycles. The summed E-state index contributed by atoms with van der Waals surface area (Å²) in [6.07, 6.45) is 35.2. The lowest BCUT2D eigenvalue weighted by atomic mass is 10.0. The molecule has 0 radical (unpaired) electrons. The first-order valence-corrected chi connectivity index (χ1v) is 34.1. The number of esters is 4. The van der Waals surface area contributed by atoms with Crippen molar-refractivity contribution in [3.05, 3.63) is 0 Å². The number of rotatable bonds is 59. The molecule has 0 heterocycles. The van der Waals surface area contributed by atoms with Crippen LogP contribution in [0.4, 0.5) is 0 Å². The molecule has 0 rings (SSSR count). The van der Waals surface area contributed by atoms with Crippen molar-refractivity contribution in [1.82, 2.24) is 0 Å². The fourth-order valence-electron chi connectivity index (χ4n) is 8.70. The highest BCUT2D eigenvalue weighted by Gasteiger charge is 2.30. The van der Waals surface area contributed by atoms with E-state index in [4.69, 9.17) is 37.0 Å². The standard InChI is InChI=1S/C59H114O17P2/c1-6-9-12-15-18-19-20-21-22-23-24-25-28-35-40-45-59(64)76-55(49-70-57(62)43-38-33-30-29-31-36-41-52(4)5)51-74-78(67,68)72-47-53(60)46-71-77(65,66)73-50-54(75-58(63)44-39-34-27-17-14-11-8-3)48-69-56(61)42-37-32-26-16-13-10-7-2/h52-55,60H,6-51H2,1-5H3,(H,65,66)(H,67,68)/t53-,54+,55+/m0/s1. The molecule has 0 saturated carbocycles. The van der Waals surface area contributed by atoms with Gasteiger partial charge in [-0.05, 0) is 31.6 Å². The average molecular weight is 1160 g/mol. The Kier molecular flexibility index (Phi) is 51.8. The zero-order valence-corrected chi connectivity index (χ0v) is 51.6. The Bertz CT molecular complexity index is 1530. The molecular formula is C59H114O17P2. The number of ether oxygens (including phenoxy) is 4. The number of hydrogen-bond acceptors (Lipinski definition) is 15. The molecule has 0 aromatic heterocycles. The van der Waals surface area contributed by atoms with E-state index in [-0.39, 0.29) is 25.7 Å². The van der Waals surface area contributed by atoms with Crippen molar-refractivity contribution in [3.8, 4) is 0 Å². The Morgan fingerprint density at radius 2 is 0.590 bits per heavy atom. The maximum Gasteiger partial charge on any atom is 0.472 e. The molecular weight excluding hydrogens is 1040 g/mol. The van der Waals surface area contributed by atoms with Crippen LogP contribution in [0.25, 0.3) is 0 Å². The van der Waals surface area contributed by atoms with Crippen LogP contribution in [-0.2, 0) is 65.4 Å². The summed E-state index contributed by atoms with van der Waals surface area (Å²) in [7, 11) is -9.86. The summed E-state index contributed by atoms with van der Waals surface area (Å²) in [5, 5.41) is 10.5. The normalized spacial score (nSPS) is 14.4. The number of carbonyl (C=O) groups excluding carboxylic acids is 4. The highest BCUT2D eigenvalue weighted by Crippen LogP contribution is 2.45. The Balaban J connectivity index is 5.16. The van der Waals surface area contributed by atoms with Gasteiger partial charge in [-0.2, -0.15) is 0 Å². The minimum Gasteiger partial charge on any atom is -0.462 e. The topological polar surface area (TPSA) is 237 Å². The minimum atomic E-state index is -4.94. The minimum absolute atomic E-state index is 0.103. The molecule has 78 heavy (non-hydrogen) atoms. The number of aliphatic hydroxyl groups excluding tert-OH is 1. The smallest absolute Gasteiger partial charge is 0.462 e. The van der Waals surface area contributed by atoms with E-state index in [9.17, 15) is 43.2 Å². The van der Waals surface area contributed by atoms with Gasteiger partial charge < -0.3 is 33.8 Å². The summed E-state index contributed by atoms with van der Waals surface area (Å²) in [5.41, 5.74) is 0. The number of phosphoric ester groups is 2. The molecule has 0 amide bonds. The summed E-state index contributed by atoms with van der Waals surface area (Å²) >= 11 is 0. The number of aliphatic hydroxyl groups is 1. The first kappa shape index (κ1) is 76.1. The van der Waals surface area contributed by atoms with Crippen molar-refractivity contribution in [3.63, 3.8) is 0 Å². The summed E-state index contributed by atoms with van der Waals surface area (Å²) in [6.45, 7) is 6.99. The number of carbonyl (C=O) groups is 4. The van der Waals surface area contributed by atoms with E-state index in [1.807, 2.05) is 0 Å². The van der Waals surface area contributed by atoms with Crippen molar-refractivity contribution >= 4 is 39.5 Å². The van der Waals surface area contributed by atoms with Crippen LogP contribution in [-0.4, -0.2) is 96.7 Å². The summed E-state index contributed by atoms with van der Waals surface area (Å²) in [6, 6.07) is 0. The van der Waals surface area contributed by atoms with Crippen molar-refractivity contribution < 1.29 is 80.2 Å². The second-order valence-electron chi connectivity index (χ2n) is 21.9. The van der Waals surface area contributed by atoms with E-state index in [0.717, 1.165) is 122 Å². The lowest BCUT2D eigenvalue weighted by molar-refractivity contribution is -0.161. The molecule has 3 N–H and O–H groups in total. The molecule has 19 heteroatoms. The lowest BCUT2D eigenvalue weighted by Gasteiger charge is -2.21. The van der Waals surface area contributed by atoms with Crippen LogP contribution in [0, 0.1) is 5.92 Å². The Hall–Kier alpha value is -1.94. The molecule has 462 valence electrons. The predicted octanol–water partition coefficient (Wildman–Crippen LogP) is 15.8. The van der Waals surface area contributed by atoms with Crippen LogP contribution >= 0.6 is 15.6 Å². The van der Waals surface area contributed by atoms with Crippen LogP contribution in [0.5, 0.6) is 0 Å². The molecule has 0 aromatic carbocycles. The summed E-state index contributed by atoms with van der Waals surface area (Å²) < 4.78 is 67.6. The highest BCUT2D eigenvalue weighted by molar-refractivity contribution is 7.47. The fraction of sp³-hybridized carbons (Fsp3) is 0.932. The number of phosphoric acid groups is 2. The van der Waals surface area contributed by atoms with Crippen molar-refractivity contribution in [1.29, 1.82) is 0 Å². The zero-order valence-electron chi connectivity index (χ0n) is 49.8. The maximum absolute atomic E-state index is 12.9. The van der Waals surface area contributed by atoms with Crippen LogP contribution in [0.15, 0.2) is 0 Å². The van der Waals surface area contributed by atoms with Gasteiger partial charge in [0.1, 0.15) is 19.3 Å². The number of hydrogen-bond donors (Lipinski definition) is 3. The van der Waals surface area contributed by atoms with Gasteiger partial charge >= 0.3 is 39.5 Å². The van der Waals surface area contributed by atoms with E-state index < -0.39 is 97.5 Å². The van der Waals surface area contributed by atoms with Crippen molar-refractivity contribution in [2.24, 2.45) is 5.92 Å². The van der Waals surface area contributed by atoms with Crippen LogP contribution in [0.3, 0.4) is 0 Å². The van der Waals surface area contributed by atoms with Gasteiger partial charge in [-0.15, -0.1) is 0 Å². The molecule has 5 atom stereocenters. The monoisotopic (exact) mass is 1160 g/mol. The SMILES string of the molecule is CCCCCCCCCCCCCCCCCC(=O)O[C@H](COC(=O)CCCCCCCCC(C)C)COP(=O)(O)OC[C@@H](O)COP(=O)(O)OC[C@@H](COC(=O)CCCCCCCCC)OC(=O)CCCCCCCCC. The van der Waals surface area contributed by atoms with Gasteiger partial charge in [-0.25, -0.2) is 9.13 Å².